The number of nitrogens with one attached hydrogen (secondary N) is 1. The molecule has 0 aromatic heterocycles. The first-order chi connectivity index (χ1) is 9.82. The van der Waals surface area contributed by atoms with Crippen LogP contribution in [0.15, 0.2) is 42.5 Å². The molecule has 0 spiro atoms. The van der Waals surface area contributed by atoms with Gasteiger partial charge in [0.15, 0.2) is 0 Å². The normalized spacial score (nSPS) is 11.2. The highest BCUT2D eigenvalue weighted by atomic mass is 16.2. The van der Waals surface area contributed by atoms with Crippen molar-refractivity contribution in [1.29, 1.82) is 0 Å². The number of amides is 1. The fourth-order valence-electron chi connectivity index (χ4n) is 2.24. The van der Waals surface area contributed by atoms with Crippen molar-refractivity contribution in [1.82, 2.24) is 0 Å². The van der Waals surface area contributed by atoms with Gasteiger partial charge in [0.1, 0.15) is 0 Å². The maximum atomic E-state index is 12.6. The molecule has 2 aromatic rings. The highest BCUT2D eigenvalue weighted by molar-refractivity contribution is 5.99. The molecular weight excluding hydrogens is 260 g/mol. The Labute approximate surface area is 126 Å². The molecule has 0 unspecified atom stereocenters. The van der Waals surface area contributed by atoms with E-state index in [1.165, 1.54) is 0 Å². The molecule has 1 amide bonds. The largest absolute Gasteiger partial charge is 0.399 e. The van der Waals surface area contributed by atoms with Crippen LogP contribution in [0.5, 0.6) is 0 Å². The molecule has 0 heterocycles. The molecule has 0 fully saturated rings. The van der Waals surface area contributed by atoms with Gasteiger partial charge in [-0.25, -0.2) is 0 Å². The summed E-state index contributed by atoms with van der Waals surface area (Å²) >= 11 is 0. The van der Waals surface area contributed by atoms with Crippen LogP contribution in [0, 0.1) is 13.8 Å². The molecule has 21 heavy (non-hydrogen) atoms. The molecule has 0 aliphatic rings. The Bertz CT molecular complexity index is 660. The number of nitrogens with two attached hydrogens (primary N) is 1. The van der Waals surface area contributed by atoms with Crippen LogP contribution < -0.4 is 11.1 Å². The molecule has 3 nitrogen and oxygen atoms in total. The van der Waals surface area contributed by atoms with Gasteiger partial charge in [0.05, 0.1) is 5.41 Å². The number of nitrogen functional groups attached to an aromatic ring is 1. The Morgan fingerprint density at radius 1 is 1.05 bits per heavy atom. The zero-order valence-corrected chi connectivity index (χ0v) is 13.0. The number of rotatable bonds is 3. The van der Waals surface area contributed by atoms with Gasteiger partial charge < -0.3 is 11.1 Å². The minimum Gasteiger partial charge on any atom is -0.399 e. The van der Waals surface area contributed by atoms with E-state index < -0.39 is 5.41 Å². The zero-order valence-electron chi connectivity index (χ0n) is 13.0. The highest BCUT2D eigenvalue weighted by Crippen LogP contribution is 2.27. The van der Waals surface area contributed by atoms with Gasteiger partial charge in [0.2, 0.25) is 5.91 Å². The number of hydrogen-bond acceptors (Lipinski definition) is 2. The summed E-state index contributed by atoms with van der Waals surface area (Å²) in [5, 5.41) is 3.02. The summed E-state index contributed by atoms with van der Waals surface area (Å²) < 4.78 is 0. The summed E-state index contributed by atoms with van der Waals surface area (Å²) in [7, 11) is 0. The van der Waals surface area contributed by atoms with Crippen molar-refractivity contribution in [2.75, 3.05) is 11.1 Å². The Morgan fingerprint density at radius 3 is 2.29 bits per heavy atom. The van der Waals surface area contributed by atoms with E-state index in [4.69, 9.17) is 5.73 Å². The van der Waals surface area contributed by atoms with Gasteiger partial charge in [0, 0.05) is 11.4 Å². The van der Waals surface area contributed by atoms with E-state index >= 15 is 0 Å². The minimum absolute atomic E-state index is 0.0269. The van der Waals surface area contributed by atoms with E-state index in [1.54, 1.807) is 0 Å². The van der Waals surface area contributed by atoms with Crippen LogP contribution in [0.25, 0.3) is 0 Å². The number of carbonyl (C=O) groups is 1. The first kappa shape index (κ1) is 15.1. The number of aryl methyl sites for hydroxylation is 2. The second-order valence-electron chi connectivity index (χ2n) is 5.97. The van der Waals surface area contributed by atoms with Gasteiger partial charge in [-0.05, 0) is 56.5 Å². The fourth-order valence-corrected chi connectivity index (χ4v) is 2.24. The number of benzene rings is 2. The Morgan fingerprint density at radius 2 is 1.67 bits per heavy atom. The number of hydrogen-bond donors (Lipinski definition) is 2. The predicted molar refractivity (Wildman–Crippen MR) is 88.4 cm³/mol. The van der Waals surface area contributed by atoms with Crippen molar-refractivity contribution in [2.24, 2.45) is 0 Å². The average Bonchev–Trinajstić information content (AvgIpc) is 2.45. The molecule has 0 bridgehead atoms. The van der Waals surface area contributed by atoms with Crippen molar-refractivity contribution in [3.63, 3.8) is 0 Å². The second-order valence-corrected chi connectivity index (χ2v) is 5.97. The van der Waals surface area contributed by atoms with E-state index in [-0.39, 0.29) is 5.91 Å². The van der Waals surface area contributed by atoms with E-state index in [9.17, 15) is 4.79 Å². The third-order valence-corrected chi connectivity index (χ3v) is 3.92. The smallest absolute Gasteiger partial charge is 0.234 e. The SMILES string of the molecule is Cc1cc(NC(=O)C(C)(C)c2ccccc2)c(C)cc1N. The maximum absolute atomic E-state index is 12.6. The fraction of sp³-hybridized carbons (Fsp3) is 0.278. The van der Waals surface area contributed by atoms with Crippen molar-refractivity contribution < 1.29 is 4.79 Å². The van der Waals surface area contributed by atoms with Gasteiger partial charge in [-0.15, -0.1) is 0 Å². The first-order valence-corrected chi connectivity index (χ1v) is 7.06. The molecule has 3 N–H and O–H groups in total. The Balaban J connectivity index is 2.28. The summed E-state index contributed by atoms with van der Waals surface area (Å²) in [5.74, 6) is -0.0269. The van der Waals surface area contributed by atoms with Gasteiger partial charge in [-0.1, -0.05) is 30.3 Å². The predicted octanol–water partition coefficient (Wildman–Crippen LogP) is 3.80. The zero-order chi connectivity index (χ0) is 15.6. The number of carbonyl (C=O) groups excluding carboxylic acids is 1. The van der Waals surface area contributed by atoms with Gasteiger partial charge in [-0.2, -0.15) is 0 Å². The van der Waals surface area contributed by atoms with Crippen LogP contribution in [-0.4, -0.2) is 5.91 Å². The quantitative estimate of drug-likeness (QED) is 0.841. The first-order valence-electron chi connectivity index (χ1n) is 7.06. The Hall–Kier alpha value is -2.29. The summed E-state index contributed by atoms with van der Waals surface area (Å²) in [6, 6.07) is 13.6. The van der Waals surface area contributed by atoms with Crippen LogP contribution in [0.2, 0.25) is 0 Å². The molecule has 0 atom stereocenters. The third kappa shape index (κ3) is 3.07. The van der Waals surface area contributed by atoms with Crippen LogP contribution in [0.1, 0.15) is 30.5 Å². The third-order valence-electron chi connectivity index (χ3n) is 3.92. The average molecular weight is 282 g/mol. The van der Waals surface area contributed by atoms with Crippen molar-refractivity contribution in [3.8, 4) is 0 Å². The lowest BCUT2D eigenvalue weighted by Crippen LogP contribution is -2.34. The molecular formula is C18H22N2O. The number of anilines is 2. The molecule has 3 heteroatoms. The lowest BCUT2D eigenvalue weighted by molar-refractivity contribution is -0.120. The van der Waals surface area contributed by atoms with E-state index in [0.717, 1.165) is 28.1 Å². The van der Waals surface area contributed by atoms with Gasteiger partial charge in [0.25, 0.3) is 0 Å². The summed E-state index contributed by atoms with van der Waals surface area (Å²) in [6.07, 6.45) is 0. The lowest BCUT2D eigenvalue weighted by Gasteiger charge is -2.25. The summed E-state index contributed by atoms with van der Waals surface area (Å²) in [5.41, 5.74) is 9.78. The van der Waals surface area contributed by atoms with Gasteiger partial charge >= 0.3 is 0 Å². The molecule has 110 valence electrons. The second kappa shape index (κ2) is 5.60. The maximum Gasteiger partial charge on any atom is 0.234 e. The van der Waals surface area contributed by atoms with Crippen molar-refractivity contribution in [3.05, 3.63) is 59.2 Å². The molecule has 0 radical (unpaired) electrons. The van der Waals surface area contributed by atoms with Crippen LogP contribution >= 0.6 is 0 Å². The highest BCUT2D eigenvalue weighted by Gasteiger charge is 2.29. The van der Waals surface area contributed by atoms with Crippen LogP contribution in [-0.2, 0) is 10.2 Å². The van der Waals surface area contributed by atoms with E-state index in [2.05, 4.69) is 5.32 Å². The monoisotopic (exact) mass is 282 g/mol. The lowest BCUT2D eigenvalue weighted by atomic mass is 9.83. The summed E-state index contributed by atoms with van der Waals surface area (Å²) in [4.78, 5) is 12.6. The molecule has 0 aliphatic carbocycles. The standard InChI is InChI=1S/C18H22N2O/c1-12-11-16(13(2)10-15(12)19)20-17(21)18(3,4)14-8-6-5-7-9-14/h5-11H,19H2,1-4H3,(H,20,21). The van der Waals surface area contributed by atoms with Gasteiger partial charge in [-0.3, -0.25) is 4.79 Å². The Kier molecular flexibility index (Phi) is 4.03. The molecule has 0 saturated carbocycles. The van der Waals surface area contributed by atoms with Crippen LogP contribution in [0.3, 0.4) is 0 Å². The van der Waals surface area contributed by atoms with Crippen molar-refractivity contribution in [2.45, 2.75) is 33.1 Å². The molecule has 2 aromatic carbocycles. The van der Waals surface area contributed by atoms with Crippen LogP contribution in [0.4, 0.5) is 11.4 Å². The molecule has 0 saturated heterocycles. The van der Waals surface area contributed by atoms with Crippen molar-refractivity contribution >= 4 is 17.3 Å². The molecule has 2 rings (SSSR count). The van der Waals surface area contributed by atoms with E-state index in [0.29, 0.717) is 0 Å². The topological polar surface area (TPSA) is 55.1 Å². The minimum atomic E-state index is -0.594. The van der Waals surface area contributed by atoms with E-state index in [1.807, 2.05) is 70.2 Å². The molecule has 0 aliphatic heterocycles. The summed E-state index contributed by atoms with van der Waals surface area (Å²) in [6.45, 7) is 7.74.